The number of amides is 1. The average Bonchev–Trinajstić information content (AvgIpc) is 2.78. The van der Waals surface area contributed by atoms with Gasteiger partial charge in [0.05, 0.1) is 22.8 Å². The number of fused-ring (bicyclic) bond motifs is 3. The van der Waals surface area contributed by atoms with E-state index in [1.54, 1.807) is 30.4 Å². The van der Waals surface area contributed by atoms with E-state index in [4.69, 9.17) is 12.2 Å². The van der Waals surface area contributed by atoms with Gasteiger partial charge in [-0.3, -0.25) is 25.2 Å². The SMILES string of the molecule is O=C1CC2CC3Sc4cccc(O)c4C(O)=C3C(=O)C2C(O)=C1C(=O)NNC1=CCC(=S)C=C1. The van der Waals surface area contributed by atoms with Crippen molar-refractivity contribution in [3.63, 3.8) is 0 Å². The van der Waals surface area contributed by atoms with Crippen LogP contribution < -0.4 is 10.9 Å². The number of ketones is 2. The second-order valence-corrected chi connectivity index (χ2v) is 10.3. The number of nitrogens with one attached hydrogen (secondary N) is 2. The molecule has 1 aromatic rings. The van der Waals surface area contributed by atoms with Gasteiger partial charge in [0.2, 0.25) is 0 Å². The smallest absolute Gasteiger partial charge is 0.276 e. The quantitative estimate of drug-likeness (QED) is 0.243. The van der Waals surface area contributed by atoms with Crippen LogP contribution in [0.25, 0.3) is 5.76 Å². The van der Waals surface area contributed by atoms with E-state index in [1.165, 1.54) is 17.8 Å². The van der Waals surface area contributed by atoms with Crippen LogP contribution in [0.2, 0.25) is 0 Å². The monoisotopic (exact) mass is 496 g/mol. The molecule has 1 heterocycles. The lowest BCUT2D eigenvalue weighted by Crippen LogP contribution is -2.47. The number of allylic oxidation sites excluding steroid dienone is 4. The van der Waals surface area contributed by atoms with Gasteiger partial charge >= 0.3 is 0 Å². The fourth-order valence-electron chi connectivity index (χ4n) is 4.83. The average molecular weight is 497 g/mol. The van der Waals surface area contributed by atoms with Crippen molar-refractivity contribution < 1.29 is 29.7 Å². The van der Waals surface area contributed by atoms with Crippen LogP contribution in [0.1, 0.15) is 24.8 Å². The fourth-order valence-corrected chi connectivity index (χ4v) is 6.46. The lowest BCUT2D eigenvalue weighted by Gasteiger charge is -2.40. The van der Waals surface area contributed by atoms with Gasteiger partial charge in [-0.1, -0.05) is 24.4 Å². The van der Waals surface area contributed by atoms with Gasteiger partial charge in [0, 0.05) is 27.9 Å². The van der Waals surface area contributed by atoms with Gasteiger partial charge in [-0.2, -0.15) is 0 Å². The van der Waals surface area contributed by atoms with Crippen LogP contribution in [0, 0.1) is 11.8 Å². The van der Waals surface area contributed by atoms with Crippen LogP contribution in [0.4, 0.5) is 0 Å². The number of benzene rings is 1. The van der Waals surface area contributed by atoms with Crippen molar-refractivity contribution in [1.82, 2.24) is 10.9 Å². The molecule has 10 heteroatoms. The number of Topliss-reactive ketones (excluding diaryl/α,β-unsaturated/α-hetero) is 2. The number of aliphatic hydroxyl groups is 2. The van der Waals surface area contributed by atoms with Crippen molar-refractivity contribution in [3.05, 3.63) is 64.6 Å². The molecule has 1 saturated carbocycles. The Morgan fingerprint density at radius 2 is 1.94 bits per heavy atom. The maximum Gasteiger partial charge on any atom is 0.276 e. The molecule has 0 bridgehead atoms. The standard InChI is InChI=1S/C24H20N2O6S2/c27-13-2-1-3-15-18(13)23(31)20-16(34-15)9-10-8-14(28)19(21(29)17(10)22(20)30)24(32)26-25-11-4-6-12(33)7-5-11/h1-6,10,16-17,25,27,29,31H,7-9H2,(H,26,32). The minimum absolute atomic E-state index is 0.0713. The number of aliphatic hydroxyl groups excluding tert-OH is 2. The predicted octanol–water partition coefficient (Wildman–Crippen LogP) is 2.96. The third kappa shape index (κ3) is 3.63. The molecule has 34 heavy (non-hydrogen) atoms. The molecule has 3 aliphatic carbocycles. The molecule has 0 spiro atoms. The number of carbonyl (C=O) groups is 3. The Labute approximate surface area is 204 Å². The van der Waals surface area contributed by atoms with Gasteiger partial charge in [-0.05, 0) is 36.6 Å². The maximum absolute atomic E-state index is 13.5. The molecule has 8 nitrogen and oxygen atoms in total. The lowest BCUT2D eigenvalue weighted by molar-refractivity contribution is -0.127. The van der Waals surface area contributed by atoms with Gasteiger partial charge in [0.15, 0.2) is 11.6 Å². The molecular weight excluding hydrogens is 476 g/mol. The molecule has 0 aromatic heterocycles. The van der Waals surface area contributed by atoms with Gasteiger partial charge in [0.1, 0.15) is 22.8 Å². The zero-order valence-electron chi connectivity index (χ0n) is 17.7. The largest absolute Gasteiger partial charge is 0.511 e. The number of carbonyl (C=O) groups excluding carboxylic acids is 3. The molecule has 5 N–H and O–H groups in total. The summed E-state index contributed by atoms with van der Waals surface area (Å²) < 4.78 is 0. The van der Waals surface area contributed by atoms with E-state index in [0.29, 0.717) is 23.4 Å². The van der Waals surface area contributed by atoms with Crippen molar-refractivity contribution in [2.24, 2.45) is 11.8 Å². The number of thioether (sulfide) groups is 1. The molecule has 1 aliphatic heterocycles. The van der Waals surface area contributed by atoms with E-state index in [1.807, 2.05) is 0 Å². The number of hydrazine groups is 1. The number of hydrogen-bond donors (Lipinski definition) is 5. The van der Waals surface area contributed by atoms with E-state index in [2.05, 4.69) is 10.9 Å². The fraction of sp³-hybridized carbons (Fsp3) is 0.250. The summed E-state index contributed by atoms with van der Waals surface area (Å²) in [5, 5.41) is 31.6. The molecule has 0 saturated heterocycles. The zero-order chi connectivity index (χ0) is 24.1. The van der Waals surface area contributed by atoms with Crippen molar-refractivity contribution in [2.75, 3.05) is 0 Å². The number of rotatable bonds is 3. The predicted molar refractivity (Wildman–Crippen MR) is 129 cm³/mol. The highest BCUT2D eigenvalue weighted by Gasteiger charge is 2.51. The molecule has 1 aromatic carbocycles. The highest BCUT2D eigenvalue weighted by Crippen LogP contribution is 2.52. The van der Waals surface area contributed by atoms with Crippen LogP contribution in [-0.2, 0) is 14.4 Å². The van der Waals surface area contributed by atoms with Crippen molar-refractivity contribution >= 4 is 52.1 Å². The number of phenols is 1. The maximum atomic E-state index is 13.5. The second-order valence-electron chi connectivity index (χ2n) is 8.49. The molecule has 0 radical (unpaired) electrons. The lowest BCUT2D eigenvalue weighted by atomic mass is 9.67. The van der Waals surface area contributed by atoms with E-state index >= 15 is 0 Å². The first-order valence-corrected chi connectivity index (χ1v) is 11.9. The van der Waals surface area contributed by atoms with Crippen molar-refractivity contribution in [3.8, 4) is 5.75 Å². The minimum atomic E-state index is -1.12. The van der Waals surface area contributed by atoms with E-state index in [0.717, 1.165) is 4.86 Å². The Kier molecular flexibility index (Phi) is 5.57. The summed E-state index contributed by atoms with van der Waals surface area (Å²) in [5.41, 5.74) is 5.45. The summed E-state index contributed by atoms with van der Waals surface area (Å²) in [6.07, 6.45) is 5.98. The third-order valence-corrected chi connectivity index (χ3v) is 8.03. The van der Waals surface area contributed by atoms with Crippen LogP contribution in [0.3, 0.4) is 0 Å². The van der Waals surface area contributed by atoms with E-state index < -0.39 is 45.9 Å². The Balaban J connectivity index is 1.45. The van der Waals surface area contributed by atoms with Gasteiger partial charge in [-0.25, -0.2) is 0 Å². The van der Waals surface area contributed by atoms with Gasteiger partial charge in [0.25, 0.3) is 5.91 Å². The van der Waals surface area contributed by atoms with Crippen molar-refractivity contribution in [1.29, 1.82) is 0 Å². The van der Waals surface area contributed by atoms with Crippen LogP contribution in [0.15, 0.2) is 63.9 Å². The van der Waals surface area contributed by atoms with Gasteiger partial charge in [-0.15, -0.1) is 11.8 Å². The van der Waals surface area contributed by atoms with Crippen molar-refractivity contribution in [2.45, 2.75) is 29.4 Å². The van der Waals surface area contributed by atoms with E-state index in [9.17, 15) is 29.7 Å². The Morgan fingerprint density at radius 1 is 1.15 bits per heavy atom. The number of aromatic hydroxyl groups is 1. The number of thiocarbonyl (C=S) groups is 1. The third-order valence-electron chi connectivity index (χ3n) is 6.42. The first kappa shape index (κ1) is 22.4. The second kappa shape index (κ2) is 8.44. The minimum Gasteiger partial charge on any atom is -0.511 e. The molecular formula is C24H20N2O6S2. The molecule has 1 amide bonds. The molecule has 1 fully saturated rings. The summed E-state index contributed by atoms with van der Waals surface area (Å²) in [5.74, 6) is -4.63. The normalized spacial score (nSPS) is 25.9. The van der Waals surface area contributed by atoms with Crippen LogP contribution in [-0.4, -0.2) is 42.9 Å². The molecule has 4 aliphatic rings. The summed E-state index contributed by atoms with van der Waals surface area (Å²) in [4.78, 5) is 40.4. The van der Waals surface area contributed by atoms with E-state index in [-0.39, 0.29) is 29.1 Å². The molecule has 174 valence electrons. The summed E-state index contributed by atoms with van der Waals surface area (Å²) in [7, 11) is 0. The summed E-state index contributed by atoms with van der Waals surface area (Å²) >= 11 is 6.40. The Morgan fingerprint density at radius 3 is 2.68 bits per heavy atom. The topological polar surface area (TPSA) is 136 Å². The summed E-state index contributed by atoms with van der Waals surface area (Å²) in [6, 6.07) is 4.81. The van der Waals surface area contributed by atoms with Crippen LogP contribution >= 0.6 is 24.0 Å². The first-order chi connectivity index (χ1) is 16.3. The molecule has 3 atom stereocenters. The van der Waals surface area contributed by atoms with Gasteiger partial charge < -0.3 is 15.3 Å². The van der Waals surface area contributed by atoms with Crippen LogP contribution in [0.5, 0.6) is 5.75 Å². The zero-order valence-corrected chi connectivity index (χ0v) is 19.3. The first-order valence-electron chi connectivity index (χ1n) is 10.7. The highest BCUT2D eigenvalue weighted by molar-refractivity contribution is 8.00. The Bertz CT molecular complexity index is 1290. The molecule has 5 rings (SSSR count). The number of phenolic OH excluding ortho intramolecular Hbond substituents is 1. The number of hydrogen-bond acceptors (Lipinski definition) is 9. The molecule has 3 unspecified atom stereocenters. The highest BCUT2D eigenvalue weighted by atomic mass is 32.2. The Hall–Kier alpha value is -3.37. The summed E-state index contributed by atoms with van der Waals surface area (Å²) in [6.45, 7) is 0.